The molecule has 0 aromatic heterocycles. The SMILES string of the molecule is COc1cc(C=C(C#N)c2ccccc2)ccc1OC(=O)COc1ccccc1Cl. The largest absolute Gasteiger partial charge is 0.493 e. The second-order valence-corrected chi connectivity index (χ2v) is 6.55. The lowest BCUT2D eigenvalue weighted by atomic mass is 10.0. The van der Waals surface area contributed by atoms with Crippen LogP contribution >= 0.6 is 11.6 Å². The predicted molar refractivity (Wildman–Crippen MR) is 116 cm³/mol. The van der Waals surface area contributed by atoms with E-state index in [0.717, 1.165) is 11.1 Å². The Morgan fingerprint density at radius 3 is 2.43 bits per heavy atom. The zero-order valence-corrected chi connectivity index (χ0v) is 16.9. The van der Waals surface area contributed by atoms with E-state index >= 15 is 0 Å². The fourth-order valence-electron chi connectivity index (χ4n) is 2.67. The Hall–Kier alpha value is -3.75. The van der Waals surface area contributed by atoms with Crippen LogP contribution in [0.4, 0.5) is 0 Å². The molecule has 0 aliphatic rings. The number of rotatable bonds is 7. The average molecular weight is 420 g/mol. The van der Waals surface area contributed by atoms with Gasteiger partial charge in [-0.1, -0.05) is 60.1 Å². The quantitative estimate of drug-likeness (QED) is 0.222. The Kier molecular flexibility index (Phi) is 7.09. The molecule has 0 bridgehead atoms. The summed E-state index contributed by atoms with van der Waals surface area (Å²) in [5, 5.41) is 9.88. The Morgan fingerprint density at radius 2 is 1.73 bits per heavy atom. The Balaban J connectivity index is 1.72. The third-order valence-electron chi connectivity index (χ3n) is 4.11. The third-order valence-corrected chi connectivity index (χ3v) is 4.42. The van der Waals surface area contributed by atoms with Gasteiger partial charge in [-0.2, -0.15) is 5.26 Å². The van der Waals surface area contributed by atoms with Gasteiger partial charge in [-0.25, -0.2) is 4.79 Å². The number of nitriles is 1. The number of hydrogen-bond donors (Lipinski definition) is 0. The molecule has 0 aliphatic heterocycles. The van der Waals surface area contributed by atoms with Crippen molar-refractivity contribution in [2.75, 3.05) is 13.7 Å². The molecule has 5 nitrogen and oxygen atoms in total. The highest BCUT2D eigenvalue weighted by Gasteiger charge is 2.13. The van der Waals surface area contributed by atoms with Crippen LogP contribution in [0.15, 0.2) is 72.8 Å². The molecule has 30 heavy (non-hydrogen) atoms. The summed E-state index contributed by atoms with van der Waals surface area (Å²) >= 11 is 6.01. The van der Waals surface area contributed by atoms with Gasteiger partial charge in [0.1, 0.15) is 5.75 Å². The van der Waals surface area contributed by atoms with Crippen LogP contribution in [-0.4, -0.2) is 19.7 Å². The zero-order chi connectivity index (χ0) is 21.3. The molecule has 3 rings (SSSR count). The van der Waals surface area contributed by atoms with Crippen LogP contribution in [0.25, 0.3) is 11.6 Å². The minimum Gasteiger partial charge on any atom is -0.493 e. The number of ether oxygens (including phenoxy) is 3. The van der Waals surface area contributed by atoms with Crippen LogP contribution in [0.3, 0.4) is 0 Å². The van der Waals surface area contributed by atoms with Crippen LogP contribution in [-0.2, 0) is 4.79 Å². The minimum absolute atomic E-state index is 0.251. The van der Waals surface area contributed by atoms with Crippen molar-refractivity contribution in [3.63, 3.8) is 0 Å². The lowest BCUT2D eigenvalue weighted by molar-refractivity contribution is -0.136. The van der Waals surface area contributed by atoms with Crippen molar-refractivity contribution in [2.45, 2.75) is 0 Å². The molecule has 0 heterocycles. The maximum Gasteiger partial charge on any atom is 0.349 e. The first-order valence-electron chi connectivity index (χ1n) is 9.04. The van der Waals surface area contributed by atoms with E-state index in [1.54, 1.807) is 48.5 Å². The summed E-state index contributed by atoms with van der Waals surface area (Å²) in [6.45, 7) is -0.304. The molecule has 0 atom stereocenters. The van der Waals surface area contributed by atoms with Crippen molar-refractivity contribution in [2.24, 2.45) is 0 Å². The number of esters is 1. The molecule has 0 saturated carbocycles. The van der Waals surface area contributed by atoms with Crippen LogP contribution in [0.1, 0.15) is 11.1 Å². The van der Waals surface area contributed by atoms with Crippen molar-refractivity contribution in [1.29, 1.82) is 5.26 Å². The van der Waals surface area contributed by atoms with Crippen molar-refractivity contribution in [1.82, 2.24) is 0 Å². The Bertz CT molecular complexity index is 1100. The summed E-state index contributed by atoms with van der Waals surface area (Å²) in [6, 6.07) is 23.4. The summed E-state index contributed by atoms with van der Waals surface area (Å²) < 4.78 is 16.1. The molecule has 0 radical (unpaired) electrons. The van der Waals surface area contributed by atoms with E-state index in [2.05, 4.69) is 6.07 Å². The number of methoxy groups -OCH3 is 1. The normalized spacial score (nSPS) is 10.8. The maximum atomic E-state index is 12.2. The molecule has 150 valence electrons. The third kappa shape index (κ3) is 5.40. The van der Waals surface area contributed by atoms with Crippen LogP contribution in [0.5, 0.6) is 17.2 Å². The van der Waals surface area contributed by atoms with Gasteiger partial charge in [0.2, 0.25) is 0 Å². The first kappa shape index (κ1) is 21.0. The Morgan fingerprint density at radius 1 is 1.00 bits per heavy atom. The number of benzene rings is 3. The molecule has 0 spiro atoms. The van der Waals surface area contributed by atoms with Crippen LogP contribution < -0.4 is 14.2 Å². The lowest BCUT2D eigenvalue weighted by Gasteiger charge is -2.11. The predicted octanol–water partition coefficient (Wildman–Crippen LogP) is 5.40. The number of halogens is 1. The monoisotopic (exact) mass is 419 g/mol. The summed E-state index contributed by atoms with van der Waals surface area (Å²) in [5.74, 6) is 0.410. The lowest BCUT2D eigenvalue weighted by Crippen LogP contribution is -2.18. The zero-order valence-electron chi connectivity index (χ0n) is 16.2. The second-order valence-electron chi connectivity index (χ2n) is 6.14. The highest BCUT2D eigenvalue weighted by molar-refractivity contribution is 6.32. The van der Waals surface area contributed by atoms with Gasteiger partial charge < -0.3 is 14.2 Å². The van der Waals surface area contributed by atoms with Gasteiger partial charge in [-0.05, 0) is 41.5 Å². The Labute approximate surface area is 179 Å². The van der Waals surface area contributed by atoms with E-state index in [4.69, 9.17) is 25.8 Å². The molecular weight excluding hydrogens is 402 g/mol. The molecule has 0 N–H and O–H groups in total. The van der Waals surface area contributed by atoms with Gasteiger partial charge >= 0.3 is 5.97 Å². The van der Waals surface area contributed by atoms with Crippen LogP contribution in [0, 0.1) is 11.3 Å². The fourth-order valence-corrected chi connectivity index (χ4v) is 2.86. The summed E-state index contributed by atoms with van der Waals surface area (Å²) in [6.07, 6.45) is 1.74. The molecule has 0 unspecified atom stereocenters. The first-order chi connectivity index (χ1) is 14.6. The van der Waals surface area contributed by atoms with Gasteiger partial charge in [0.15, 0.2) is 18.1 Å². The van der Waals surface area contributed by atoms with E-state index in [0.29, 0.717) is 22.1 Å². The second kappa shape index (κ2) is 10.1. The summed E-state index contributed by atoms with van der Waals surface area (Å²) in [7, 11) is 1.48. The highest BCUT2D eigenvalue weighted by Crippen LogP contribution is 2.30. The topological polar surface area (TPSA) is 68.5 Å². The van der Waals surface area contributed by atoms with Gasteiger partial charge in [0.05, 0.1) is 23.8 Å². The van der Waals surface area contributed by atoms with E-state index in [-0.39, 0.29) is 12.4 Å². The molecule has 0 amide bonds. The van der Waals surface area contributed by atoms with Gasteiger partial charge in [0, 0.05) is 0 Å². The van der Waals surface area contributed by atoms with Crippen molar-refractivity contribution >= 4 is 29.2 Å². The van der Waals surface area contributed by atoms with Crippen molar-refractivity contribution in [3.05, 3.63) is 88.9 Å². The molecule has 3 aromatic rings. The first-order valence-corrected chi connectivity index (χ1v) is 9.42. The number of hydrogen-bond acceptors (Lipinski definition) is 5. The van der Waals surface area contributed by atoms with E-state index in [1.807, 2.05) is 30.3 Å². The number of allylic oxidation sites excluding steroid dienone is 1. The number of para-hydroxylation sites is 1. The average Bonchev–Trinajstić information content (AvgIpc) is 2.78. The standard InChI is InChI=1S/C24H18ClNO4/c1-28-23-14-17(13-19(15-26)18-7-3-2-4-8-18)11-12-22(23)30-24(27)16-29-21-10-6-5-9-20(21)25/h2-14H,16H2,1H3. The summed E-state index contributed by atoms with van der Waals surface area (Å²) in [4.78, 5) is 12.2. The van der Waals surface area contributed by atoms with Crippen molar-refractivity contribution < 1.29 is 19.0 Å². The molecular formula is C24H18ClNO4. The minimum atomic E-state index is -0.599. The smallest absolute Gasteiger partial charge is 0.349 e. The van der Waals surface area contributed by atoms with E-state index in [1.165, 1.54) is 7.11 Å². The number of carbonyl (C=O) groups excluding carboxylic acids is 1. The summed E-state index contributed by atoms with van der Waals surface area (Å²) in [5.41, 5.74) is 2.06. The van der Waals surface area contributed by atoms with Crippen molar-refractivity contribution in [3.8, 4) is 23.3 Å². The van der Waals surface area contributed by atoms with Crippen LogP contribution in [0.2, 0.25) is 5.02 Å². The van der Waals surface area contributed by atoms with E-state index in [9.17, 15) is 10.1 Å². The molecule has 6 heteroatoms. The van der Waals surface area contributed by atoms with Gasteiger partial charge in [0.25, 0.3) is 0 Å². The molecule has 0 fully saturated rings. The van der Waals surface area contributed by atoms with E-state index < -0.39 is 5.97 Å². The number of carbonyl (C=O) groups is 1. The molecule has 0 saturated heterocycles. The number of nitrogens with zero attached hydrogens (tertiary/aromatic N) is 1. The highest BCUT2D eigenvalue weighted by atomic mass is 35.5. The fraction of sp³-hybridized carbons (Fsp3) is 0.0833. The van der Waals surface area contributed by atoms with Gasteiger partial charge in [-0.3, -0.25) is 0 Å². The molecule has 3 aromatic carbocycles. The maximum absolute atomic E-state index is 12.2. The van der Waals surface area contributed by atoms with Gasteiger partial charge in [-0.15, -0.1) is 0 Å². The molecule has 0 aliphatic carbocycles.